The van der Waals surface area contributed by atoms with Crippen molar-refractivity contribution in [1.82, 2.24) is 0 Å². The number of rotatable bonds is 7. The van der Waals surface area contributed by atoms with Gasteiger partial charge in [-0.25, -0.2) is 0 Å². The Morgan fingerprint density at radius 2 is 1.88 bits per heavy atom. The van der Waals surface area contributed by atoms with E-state index < -0.39 is 0 Å². The van der Waals surface area contributed by atoms with Crippen LogP contribution in [0.2, 0.25) is 0 Å². The topological polar surface area (TPSA) is 36.9 Å². The zero-order chi connectivity index (χ0) is 11.8. The molecule has 0 saturated carbocycles. The number of hydrogen-bond acceptors (Lipinski definition) is 4. The van der Waals surface area contributed by atoms with Crippen molar-refractivity contribution in [3.05, 3.63) is 31.0 Å². The lowest BCUT2D eigenvalue weighted by molar-refractivity contribution is 0.179. The highest BCUT2D eigenvalue weighted by molar-refractivity contribution is 5.45. The molecule has 0 saturated heterocycles. The van der Waals surface area contributed by atoms with E-state index in [9.17, 15) is 0 Å². The Balaban J connectivity index is 2.57. The fourth-order valence-corrected chi connectivity index (χ4v) is 1.20. The summed E-state index contributed by atoms with van der Waals surface area (Å²) in [5.41, 5.74) is 0. The van der Waals surface area contributed by atoms with E-state index in [0.29, 0.717) is 30.5 Å². The molecule has 0 fully saturated rings. The monoisotopic (exact) mass is 224 g/mol. The Morgan fingerprint density at radius 3 is 2.50 bits per heavy atom. The van der Waals surface area contributed by atoms with E-state index in [1.54, 1.807) is 26.4 Å². The van der Waals surface area contributed by atoms with Crippen LogP contribution >= 0.6 is 0 Å². The third-order valence-corrected chi connectivity index (χ3v) is 1.94. The molecule has 1 rings (SSSR count). The molecule has 1 aromatic carbocycles. The van der Waals surface area contributed by atoms with E-state index in [1.165, 1.54) is 6.26 Å². The summed E-state index contributed by atoms with van der Waals surface area (Å²) in [7, 11) is 3.18. The smallest absolute Gasteiger partial charge is 0.164 e. The molecular weight excluding hydrogens is 208 g/mol. The van der Waals surface area contributed by atoms with Gasteiger partial charge < -0.3 is 18.9 Å². The van der Waals surface area contributed by atoms with E-state index in [1.807, 2.05) is 6.07 Å². The third-order valence-electron chi connectivity index (χ3n) is 1.94. The minimum absolute atomic E-state index is 0.460. The van der Waals surface area contributed by atoms with Gasteiger partial charge in [-0.2, -0.15) is 0 Å². The second-order valence-electron chi connectivity index (χ2n) is 2.90. The van der Waals surface area contributed by atoms with Crippen molar-refractivity contribution in [2.24, 2.45) is 0 Å². The Labute approximate surface area is 95.4 Å². The summed E-state index contributed by atoms with van der Waals surface area (Å²) in [5, 5.41) is 0. The second-order valence-corrected chi connectivity index (χ2v) is 2.90. The highest BCUT2D eigenvalue weighted by Crippen LogP contribution is 2.30. The van der Waals surface area contributed by atoms with Gasteiger partial charge in [0.15, 0.2) is 11.5 Å². The van der Waals surface area contributed by atoms with Gasteiger partial charge in [0.05, 0.1) is 20.5 Å². The first-order chi connectivity index (χ1) is 7.81. The van der Waals surface area contributed by atoms with Gasteiger partial charge >= 0.3 is 0 Å². The maximum Gasteiger partial charge on any atom is 0.164 e. The minimum atomic E-state index is 0.460. The van der Waals surface area contributed by atoms with Gasteiger partial charge in [0.25, 0.3) is 0 Å². The van der Waals surface area contributed by atoms with Gasteiger partial charge in [-0.15, -0.1) is 0 Å². The molecule has 0 aromatic heterocycles. The maximum atomic E-state index is 5.44. The van der Waals surface area contributed by atoms with Crippen LogP contribution in [0, 0.1) is 0 Å². The van der Waals surface area contributed by atoms with Crippen LogP contribution in [0.5, 0.6) is 17.2 Å². The second kappa shape index (κ2) is 6.61. The summed E-state index contributed by atoms with van der Waals surface area (Å²) in [6.07, 6.45) is 1.39. The quantitative estimate of drug-likeness (QED) is 0.525. The molecule has 0 spiro atoms. The molecule has 0 aliphatic carbocycles. The standard InChI is InChI=1S/C12H16O4/c1-4-15-7-8-16-10-5-6-11(13-2)12(9-10)14-3/h4-6,9H,1,7-8H2,2-3H3. The first-order valence-corrected chi connectivity index (χ1v) is 4.89. The molecule has 0 aliphatic heterocycles. The fraction of sp³-hybridized carbons (Fsp3) is 0.333. The van der Waals surface area contributed by atoms with Crippen LogP contribution in [0.25, 0.3) is 0 Å². The average molecular weight is 224 g/mol. The van der Waals surface area contributed by atoms with Crippen molar-refractivity contribution in [2.75, 3.05) is 27.4 Å². The van der Waals surface area contributed by atoms with Crippen LogP contribution in [0.1, 0.15) is 0 Å². The number of ether oxygens (including phenoxy) is 4. The molecule has 0 radical (unpaired) electrons. The molecule has 0 amide bonds. The van der Waals surface area contributed by atoms with Crippen LogP contribution in [0.3, 0.4) is 0 Å². The largest absolute Gasteiger partial charge is 0.498 e. The summed E-state index contributed by atoms with van der Waals surface area (Å²) >= 11 is 0. The number of benzene rings is 1. The highest BCUT2D eigenvalue weighted by atomic mass is 16.5. The lowest BCUT2D eigenvalue weighted by Crippen LogP contribution is -2.04. The molecule has 0 atom stereocenters. The Kier molecular flexibility index (Phi) is 5.05. The molecule has 88 valence electrons. The zero-order valence-electron chi connectivity index (χ0n) is 9.56. The SMILES string of the molecule is C=COCCOc1ccc(OC)c(OC)c1. The van der Waals surface area contributed by atoms with Crippen molar-refractivity contribution in [2.45, 2.75) is 0 Å². The summed E-state index contributed by atoms with van der Waals surface area (Å²) < 4.78 is 20.6. The Hall–Kier alpha value is -1.84. The van der Waals surface area contributed by atoms with Gasteiger partial charge in [0.2, 0.25) is 0 Å². The van der Waals surface area contributed by atoms with Gasteiger partial charge in [0.1, 0.15) is 19.0 Å². The predicted molar refractivity (Wildman–Crippen MR) is 61.2 cm³/mol. The van der Waals surface area contributed by atoms with Gasteiger partial charge in [-0.1, -0.05) is 6.58 Å². The molecule has 0 bridgehead atoms. The molecule has 4 heteroatoms. The van der Waals surface area contributed by atoms with Crippen LogP contribution in [-0.4, -0.2) is 27.4 Å². The van der Waals surface area contributed by atoms with E-state index in [-0.39, 0.29) is 0 Å². The summed E-state index contributed by atoms with van der Waals surface area (Å²) in [6, 6.07) is 5.38. The molecule has 0 aliphatic rings. The van der Waals surface area contributed by atoms with Crippen LogP contribution < -0.4 is 14.2 Å². The number of hydrogen-bond donors (Lipinski definition) is 0. The van der Waals surface area contributed by atoms with Crippen LogP contribution in [0.4, 0.5) is 0 Å². The predicted octanol–water partition coefficient (Wildman–Crippen LogP) is 2.24. The third kappa shape index (κ3) is 3.38. The molecule has 4 nitrogen and oxygen atoms in total. The highest BCUT2D eigenvalue weighted by Gasteiger charge is 2.04. The van der Waals surface area contributed by atoms with Crippen molar-refractivity contribution in [3.63, 3.8) is 0 Å². The van der Waals surface area contributed by atoms with E-state index in [0.717, 1.165) is 0 Å². The van der Waals surface area contributed by atoms with Crippen molar-refractivity contribution < 1.29 is 18.9 Å². The van der Waals surface area contributed by atoms with E-state index in [2.05, 4.69) is 6.58 Å². The van der Waals surface area contributed by atoms with Crippen LogP contribution in [-0.2, 0) is 4.74 Å². The van der Waals surface area contributed by atoms with Crippen molar-refractivity contribution in [1.29, 1.82) is 0 Å². The fourth-order valence-electron chi connectivity index (χ4n) is 1.20. The van der Waals surface area contributed by atoms with E-state index >= 15 is 0 Å². The minimum Gasteiger partial charge on any atom is -0.498 e. The molecule has 16 heavy (non-hydrogen) atoms. The van der Waals surface area contributed by atoms with Crippen molar-refractivity contribution >= 4 is 0 Å². The maximum absolute atomic E-state index is 5.44. The molecule has 0 unspecified atom stereocenters. The summed E-state index contributed by atoms with van der Waals surface area (Å²) in [6.45, 7) is 4.37. The summed E-state index contributed by atoms with van der Waals surface area (Å²) in [4.78, 5) is 0. The molecule has 1 aromatic rings. The van der Waals surface area contributed by atoms with Gasteiger partial charge in [-0.05, 0) is 12.1 Å². The normalized spacial score (nSPS) is 9.38. The first kappa shape index (κ1) is 12.2. The molecule has 0 N–H and O–H groups in total. The zero-order valence-corrected chi connectivity index (χ0v) is 9.56. The Bertz CT molecular complexity index is 336. The lowest BCUT2D eigenvalue weighted by Gasteiger charge is -2.10. The molecule has 0 heterocycles. The Morgan fingerprint density at radius 1 is 1.12 bits per heavy atom. The van der Waals surface area contributed by atoms with E-state index in [4.69, 9.17) is 18.9 Å². The van der Waals surface area contributed by atoms with Crippen LogP contribution in [0.15, 0.2) is 31.0 Å². The van der Waals surface area contributed by atoms with Crippen molar-refractivity contribution in [3.8, 4) is 17.2 Å². The first-order valence-electron chi connectivity index (χ1n) is 4.89. The molecular formula is C12H16O4. The summed E-state index contributed by atoms with van der Waals surface area (Å²) in [5.74, 6) is 2.03. The lowest BCUT2D eigenvalue weighted by atomic mass is 10.3. The average Bonchev–Trinajstić information content (AvgIpc) is 2.34. The van der Waals surface area contributed by atoms with Gasteiger partial charge in [-0.3, -0.25) is 0 Å². The van der Waals surface area contributed by atoms with Gasteiger partial charge in [0, 0.05) is 6.07 Å². The number of methoxy groups -OCH3 is 2.